The molecule has 0 aliphatic carbocycles. The predicted molar refractivity (Wildman–Crippen MR) is 96.7 cm³/mol. The molecule has 1 atom stereocenters. The summed E-state index contributed by atoms with van der Waals surface area (Å²) < 4.78 is 32.0. The van der Waals surface area contributed by atoms with E-state index in [1.165, 1.54) is 19.2 Å². The van der Waals surface area contributed by atoms with Crippen LogP contribution in [0, 0.1) is 0 Å². The third-order valence-electron chi connectivity index (χ3n) is 3.82. The minimum Gasteiger partial charge on any atom is -0.488 e. The number of fused-ring (bicyclic) bond motifs is 1. The van der Waals surface area contributed by atoms with Crippen molar-refractivity contribution in [1.82, 2.24) is 9.62 Å². The average molecular weight is 401 g/mol. The van der Waals surface area contributed by atoms with Crippen molar-refractivity contribution in [3.63, 3.8) is 0 Å². The molecule has 0 radical (unpaired) electrons. The standard InChI is InChI=1S/C16H17ClN2O4S2/c1-19(25(21,22)16-7-6-14(17)24-16)10-15(20)18-9-12-8-11-4-2-3-5-13(11)23-12/h2-7,12H,8-10H2,1H3,(H,18,20). The second kappa shape index (κ2) is 7.33. The van der Waals surface area contributed by atoms with Crippen LogP contribution in [0.3, 0.4) is 0 Å². The van der Waals surface area contributed by atoms with Gasteiger partial charge in [0.2, 0.25) is 5.91 Å². The maximum atomic E-state index is 12.4. The molecule has 1 aliphatic rings. The fourth-order valence-corrected chi connectivity index (χ4v) is 5.35. The maximum Gasteiger partial charge on any atom is 0.252 e. The number of carbonyl (C=O) groups excluding carboxylic acids is 1. The zero-order valence-electron chi connectivity index (χ0n) is 13.4. The lowest BCUT2D eigenvalue weighted by Crippen LogP contribution is -2.41. The van der Waals surface area contributed by atoms with Crippen LogP contribution in [-0.2, 0) is 21.2 Å². The van der Waals surface area contributed by atoms with Crippen molar-refractivity contribution in [2.45, 2.75) is 16.7 Å². The van der Waals surface area contributed by atoms with Crippen LogP contribution in [-0.4, -0.2) is 44.9 Å². The number of hydrogen-bond donors (Lipinski definition) is 1. The van der Waals surface area contributed by atoms with Gasteiger partial charge in [-0.1, -0.05) is 29.8 Å². The molecule has 0 fully saturated rings. The van der Waals surface area contributed by atoms with Gasteiger partial charge in [-0.2, -0.15) is 4.31 Å². The van der Waals surface area contributed by atoms with Crippen molar-refractivity contribution in [3.05, 3.63) is 46.3 Å². The number of rotatable bonds is 6. The number of nitrogens with zero attached hydrogens (tertiary/aromatic N) is 1. The lowest BCUT2D eigenvalue weighted by molar-refractivity contribution is -0.121. The number of para-hydroxylation sites is 1. The first kappa shape index (κ1) is 18.2. The Hall–Kier alpha value is -1.61. The third kappa shape index (κ3) is 4.14. The summed E-state index contributed by atoms with van der Waals surface area (Å²) in [6.07, 6.45) is 0.581. The second-order valence-electron chi connectivity index (χ2n) is 5.68. The van der Waals surface area contributed by atoms with Gasteiger partial charge in [-0.15, -0.1) is 11.3 Å². The number of nitrogens with one attached hydrogen (secondary N) is 1. The van der Waals surface area contributed by atoms with E-state index < -0.39 is 10.0 Å². The number of halogens is 1. The summed E-state index contributed by atoms with van der Waals surface area (Å²) in [5.74, 6) is 0.448. The molecule has 134 valence electrons. The molecule has 1 aromatic carbocycles. The summed E-state index contributed by atoms with van der Waals surface area (Å²) >= 11 is 6.74. The first-order valence-corrected chi connectivity index (χ1v) is 10.2. The van der Waals surface area contributed by atoms with Crippen LogP contribution in [0.2, 0.25) is 4.34 Å². The fraction of sp³-hybridized carbons (Fsp3) is 0.312. The highest BCUT2D eigenvalue weighted by Crippen LogP contribution is 2.28. The van der Waals surface area contributed by atoms with E-state index in [1.54, 1.807) is 0 Å². The van der Waals surface area contributed by atoms with Crippen molar-refractivity contribution in [2.24, 2.45) is 0 Å². The molecule has 0 saturated carbocycles. The van der Waals surface area contributed by atoms with E-state index in [-0.39, 0.29) is 22.8 Å². The molecular weight excluding hydrogens is 384 g/mol. The van der Waals surface area contributed by atoms with Gasteiger partial charge in [0, 0.05) is 13.5 Å². The molecule has 1 N–H and O–H groups in total. The average Bonchev–Trinajstić information content (AvgIpc) is 3.18. The highest BCUT2D eigenvalue weighted by atomic mass is 35.5. The summed E-state index contributed by atoms with van der Waals surface area (Å²) in [5.41, 5.74) is 1.11. The Labute approximate surface area is 155 Å². The summed E-state index contributed by atoms with van der Waals surface area (Å²) in [4.78, 5) is 12.1. The fourth-order valence-electron chi connectivity index (χ4n) is 2.53. The Morgan fingerprint density at radius 1 is 1.36 bits per heavy atom. The molecule has 1 amide bonds. The first-order valence-electron chi connectivity index (χ1n) is 7.59. The van der Waals surface area contributed by atoms with Gasteiger partial charge in [-0.3, -0.25) is 4.79 Å². The van der Waals surface area contributed by atoms with Gasteiger partial charge in [0.1, 0.15) is 16.1 Å². The monoisotopic (exact) mass is 400 g/mol. The molecule has 0 bridgehead atoms. The molecule has 2 heterocycles. The smallest absolute Gasteiger partial charge is 0.252 e. The van der Waals surface area contributed by atoms with Crippen molar-refractivity contribution in [2.75, 3.05) is 20.1 Å². The highest BCUT2D eigenvalue weighted by molar-refractivity contribution is 7.91. The Balaban J connectivity index is 1.51. The molecule has 3 rings (SSSR count). The van der Waals surface area contributed by atoms with Gasteiger partial charge in [-0.25, -0.2) is 8.42 Å². The van der Waals surface area contributed by atoms with Crippen LogP contribution in [0.4, 0.5) is 0 Å². The normalized spacial score (nSPS) is 16.5. The van der Waals surface area contributed by atoms with Crippen LogP contribution >= 0.6 is 22.9 Å². The van der Waals surface area contributed by atoms with Gasteiger partial charge in [0.25, 0.3) is 10.0 Å². The summed E-state index contributed by atoms with van der Waals surface area (Å²) in [5, 5.41) is 2.73. The summed E-state index contributed by atoms with van der Waals surface area (Å²) in [7, 11) is -2.35. The van der Waals surface area contributed by atoms with Gasteiger partial charge < -0.3 is 10.1 Å². The molecule has 2 aromatic rings. The Morgan fingerprint density at radius 2 is 2.12 bits per heavy atom. The van der Waals surface area contributed by atoms with Crippen LogP contribution in [0.1, 0.15) is 5.56 Å². The zero-order chi connectivity index (χ0) is 18.0. The molecule has 1 aliphatic heterocycles. The lowest BCUT2D eigenvalue weighted by atomic mass is 10.1. The van der Waals surface area contributed by atoms with Crippen LogP contribution in [0.25, 0.3) is 0 Å². The lowest BCUT2D eigenvalue weighted by Gasteiger charge is -2.17. The third-order valence-corrected chi connectivity index (χ3v) is 7.32. The van der Waals surface area contributed by atoms with Crippen molar-refractivity contribution in [3.8, 4) is 5.75 Å². The minimum atomic E-state index is -3.72. The van der Waals surface area contributed by atoms with Crippen LogP contribution < -0.4 is 10.1 Å². The SMILES string of the molecule is CN(CC(=O)NCC1Cc2ccccc2O1)S(=O)(=O)c1ccc(Cl)s1. The molecule has 0 saturated heterocycles. The van der Waals surface area contributed by atoms with E-state index in [9.17, 15) is 13.2 Å². The van der Waals surface area contributed by atoms with Crippen molar-refractivity contribution in [1.29, 1.82) is 0 Å². The number of benzene rings is 1. The summed E-state index contributed by atoms with van der Waals surface area (Å²) in [6, 6.07) is 10.7. The van der Waals surface area contributed by atoms with Gasteiger partial charge >= 0.3 is 0 Å². The van der Waals surface area contributed by atoms with Gasteiger partial charge in [0.05, 0.1) is 17.4 Å². The number of sulfonamides is 1. The molecular formula is C16H17ClN2O4S2. The molecule has 6 nitrogen and oxygen atoms in total. The quantitative estimate of drug-likeness (QED) is 0.806. The largest absolute Gasteiger partial charge is 0.488 e. The topological polar surface area (TPSA) is 75.7 Å². The van der Waals surface area contributed by atoms with Crippen molar-refractivity contribution < 1.29 is 17.9 Å². The van der Waals surface area contributed by atoms with E-state index in [2.05, 4.69) is 5.32 Å². The number of carbonyl (C=O) groups is 1. The minimum absolute atomic E-state index is 0.113. The van der Waals surface area contributed by atoms with Gasteiger partial charge in [-0.05, 0) is 23.8 Å². The molecule has 1 aromatic heterocycles. The number of amides is 1. The number of hydrogen-bond acceptors (Lipinski definition) is 5. The zero-order valence-corrected chi connectivity index (χ0v) is 15.8. The van der Waals surface area contributed by atoms with E-state index in [1.807, 2.05) is 24.3 Å². The number of ether oxygens (including phenoxy) is 1. The number of likely N-dealkylation sites (N-methyl/N-ethyl adjacent to an activating group) is 1. The molecule has 0 spiro atoms. The summed E-state index contributed by atoms with van der Waals surface area (Å²) in [6.45, 7) is 0.0593. The molecule has 1 unspecified atom stereocenters. The van der Waals surface area contributed by atoms with Gasteiger partial charge in [0.15, 0.2) is 0 Å². The second-order valence-corrected chi connectivity index (χ2v) is 9.66. The molecule has 9 heteroatoms. The first-order chi connectivity index (χ1) is 11.9. The Kier molecular flexibility index (Phi) is 5.33. The van der Waals surface area contributed by atoms with E-state index in [0.717, 1.165) is 33.4 Å². The predicted octanol–water partition coefficient (Wildman–Crippen LogP) is 2.14. The number of thiophene rings is 1. The van der Waals surface area contributed by atoms with E-state index >= 15 is 0 Å². The van der Waals surface area contributed by atoms with Crippen LogP contribution in [0.15, 0.2) is 40.6 Å². The van der Waals surface area contributed by atoms with E-state index in [4.69, 9.17) is 16.3 Å². The highest BCUT2D eigenvalue weighted by Gasteiger charge is 2.26. The Bertz CT molecular complexity index is 857. The van der Waals surface area contributed by atoms with Crippen molar-refractivity contribution >= 4 is 38.9 Å². The van der Waals surface area contributed by atoms with E-state index in [0.29, 0.717) is 10.9 Å². The molecule has 25 heavy (non-hydrogen) atoms. The maximum absolute atomic E-state index is 12.4. The Morgan fingerprint density at radius 3 is 2.80 bits per heavy atom. The van der Waals surface area contributed by atoms with Crippen LogP contribution in [0.5, 0.6) is 5.75 Å².